The van der Waals surface area contributed by atoms with Crippen LogP contribution in [0.3, 0.4) is 0 Å². The van der Waals surface area contributed by atoms with Crippen LogP contribution < -0.4 is 5.32 Å². The van der Waals surface area contributed by atoms with Crippen LogP contribution in [0.2, 0.25) is 0 Å². The number of benzene rings is 1. The number of rotatable bonds is 6. The molecule has 1 N–H and O–H groups in total. The molecule has 1 aromatic carbocycles. The van der Waals surface area contributed by atoms with Crippen LogP contribution in [0.4, 0.5) is 0 Å². The number of nitrogens with one attached hydrogen (secondary N) is 1. The maximum atomic E-state index is 4.18. The predicted molar refractivity (Wildman–Crippen MR) is 87.3 cm³/mol. The Labute approximate surface area is 125 Å². The molecule has 21 heavy (non-hydrogen) atoms. The number of aromatic nitrogens is 2. The van der Waals surface area contributed by atoms with Crippen LogP contribution in [0.1, 0.15) is 18.1 Å². The zero-order valence-electron chi connectivity index (χ0n) is 12.4. The number of fused-ring (bicyclic) bond motifs is 1. The van der Waals surface area contributed by atoms with Gasteiger partial charge in [-0.15, -0.1) is 0 Å². The molecule has 0 spiro atoms. The smallest absolute Gasteiger partial charge is 0.0483 e. The molecule has 0 saturated carbocycles. The molecule has 0 aliphatic carbocycles. The SMILES string of the molecule is CCNCc1cccc2c1ccn2CCc1cccnc1. The monoisotopic (exact) mass is 279 g/mol. The van der Waals surface area contributed by atoms with Gasteiger partial charge in [-0.05, 0) is 42.3 Å². The number of pyridine rings is 1. The lowest BCUT2D eigenvalue weighted by atomic mass is 10.1. The zero-order valence-corrected chi connectivity index (χ0v) is 12.4. The molecule has 3 aromatic rings. The summed E-state index contributed by atoms with van der Waals surface area (Å²) in [6.45, 7) is 5.05. The number of nitrogens with zero attached hydrogens (tertiary/aromatic N) is 2. The summed E-state index contributed by atoms with van der Waals surface area (Å²) >= 11 is 0. The van der Waals surface area contributed by atoms with E-state index in [-0.39, 0.29) is 0 Å². The van der Waals surface area contributed by atoms with Crippen LogP contribution in [0.5, 0.6) is 0 Å². The topological polar surface area (TPSA) is 29.9 Å². The fraction of sp³-hybridized carbons (Fsp3) is 0.278. The van der Waals surface area contributed by atoms with Crippen LogP contribution in [-0.4, -0.2) is 16.1 Å². The van der Waals surface area contributed by atoms with Gasteiger partial charge in [0.2, 0.25) is 0 Å². The van der Waals surface area contributed by atoms with E-state index in [1.165, 1.54) is 22.0 Å². The van der Waals surface area contributed by atoms with E-state index in [2.05, 4.69) is 58.3 Å². The number of aryl methyl sites for hydroxylation is 2. The quantitative estimate of drug-likeness (QED) is 0.749. The Morgan fingerprint density at radius 3 is 2.90 bits per heavy atom. The van der Waals surface area contributed by atoms with E-state index in [0.29, 0.717) is 0 Å². The molecule has 0 bridgehead atoms. The molecule has 0 fully saturated rings. The third kappa shape index (κ3) is 3.14. The lowest BCUT2D eigenvalue weighted by molar-refractivity contribution is 0.719. The van der Waals surface area contributed by atoms with Gasteiger partial charge in [0.1, 0.15) is 0 Å². The summed E-state index contributed by atoms with van der Waals surface area (Å²) in [5, 5.41) is 4.76. The van der Waals surface area contributed by atoms with Crippen molar-refractivity contribution < 1.29 is 0 Å². The largest absolute Gasteiger partial charge is 0.347 e. The van der Waals surface area contributed by atoms with Gasteiger partial charge in [0, 0.05) is 42.6 Å². The summed E-state index contributed by atoms with van der Waals surface area (Å²) in [7, 11) is 0. The Bertz CT molecular complexity index is 701. The van der Waals surface area contributed by atoms with Gasteiger partial charge >= 0.3 is 0 Å². The van der Waals surface area contributed by atoms with Gasteiger partial charge in [-0.3, -0.25) is 4.98 Å². The van der Waals surface area contributed by atoms with E-state index in [1.807, 2.05) is 18.5 Å². The van der Waals surface area contributed by atoms with Crippen molar-refractivity contribution in [3.05, 3.63) is 66.1 Å². The molecule has 0 unspecified atom stereocenters. The van der Waals surface area contributed by atoms with Crippen molar-refractivity contribution in [3.63, 3.8) is 0 Å². The van der Waals surface area contributed by atoms with Crippen molar-refractivity contribution >= 4 is 10.9 Å². The highest BCUT2D eigenvalue weighted by molar-refractivity contribution is 5.83. The molecule has 3 heteroatoms. The van der Waals surface area contributed by atoms with Crippen molar-refractivity contribution in [2.24, 2.45) is 0 Å². The van der Waals surface area contributed by atoms with E-state index < -0.39 is 0 Å². The Morgan fingerprint density at radius 2 is 2.10 bits per heavy atom. The molecule has 0 radical (unpaired) electrons. The summed E-state index contributed by atoms with van der Waals surface area (Å²) in [6, 6.07) is 12.9. The fourth-order valence-electron chi connectivity index (χ4n) is 2.69. The predicted octanol–water partition coefficient (Wildman–Crippen LogP) is 3.39. The minimum Gasteiger partial charge on any atom is -0.347 e. The van der Waals surface area contributed by atoms with E-state index in [1.54, 1.807) is 0 Å². The van der Waals surface area contributed by atoms with Crippen molar-refractivity contribution in [2.45, 2.75) is 26.4 Å². The lowest BCUT2D eigenvalue weighted by Gasteiger charge is -2.08. The molecule has 0 aliphatic rings. The molecule has 0 saturated heterocycles. The van der Waals surface area contributed by atoms with E-state index in [9.17, 15) is 0 Å². The summed E-state index contributed by atoms with van der Waals surface area (Å²) in [5.74, 6) is 0. The van der Waals surface area contributed by atoms with Gasteiger partial charge in [-0.25, -0.2) is 0 Å². The number of hydrogen-bond donors (Lipinski definition) is 1. The van der Waals surface area contributed by atoms with Gasteiger partial charge in [0.15, 0.2) is 0 Å². The Balaban J connectivity index is 1.80. The molecule has 0 aliphatic heterocycles. The van der Waals surface area contributed by atoms with Crippen LogP contribution in [-0.2, 0) is 19.5 Å². The van der Waals surface area contributed by atoms with E-state index in [4.69, 9.17) is 0 Å². The molecule has 3 rings (SSSR count). The van der Waals surface area contributed by atoms with Gasteiger partial charge in [0.25, 0.3) is 0 Å². The molecule has 3 nitrogen and oxygen atoms in total. The normalized spacial score (nSPS) is 11.1. The minimum absolute atomic E-state index is 0.931. The first-order valence-electron chi connectivity index (χ1n) is 7.55. The van der Waals surface area contributed by atoms with Crippen molar-refractivity contribution in [1.29, 1.82) is 0 Å². The maximum Gasteiger partial charge on any atom is 0.0483 e. The molecular formula is C18H21N3. The standard InChI is InChI=1S/C18H21N3/c1-2-19-14-16-6-3-7-18-17(16)9-12-21(18)11-8-15-5-4-10-20-13-15/h3-7,9-10,12-13,19H,2,8,11,14H2,1H3. The van der Waals surface area contributed by atoms with Crippen LogP contribution in [0.15, 0.2) is 55.0 Å². The van der Waals surface area contributed by atoms with Crippen LogP contribution >= 0.6 is 0 Å². The lowest BCUT2D eigenvalue weighted by Crippen LogP contribution is -2.11. The Kier molecular flexibility index (Phi) is 4.31. The van der Waals surface area contributed by atoms with Crippen LogP contribution in [0.25, 0.3) is 10.9 Å². The second-order valence-corrected chi connectivity index (χ2v) is 5.25. The fourth-order valence-corrected chi connectivity index (χ4v) is 2.69. The third-order valence-electron chi connectivity index (χ3n) is 3.83. The summed E-state index contributed by atoms with van der Waals surface area (Å²) in [4.78, 5) is 4.18. The van der Waals surface area contributed by atoms with Crippen molar-refractivity contribution in [2.75, 3.05) is 6.54 Å². The molecule has 0 amide bonds. The zero-order chi connectivity index (χ0) is 14.5. The van der Waals surface area contributed by atoms with Crippen molar-refractivity contribution in [3.8, 4) is 0 Å². The van der Waals surface area contributed by atoms with Gasteiger partial charge in [0.05, 0.1) is 0 Å². The first-order chi connectivity index (χ1) is 10.4. The van der Waals surface area contributed by atoms with Gasteiger partial charge < -0.3 is 9.88 Å². The Hall–Kier alpha value is -2.13. The van der Waals surface area contributed by atoms with E-state index >= 15 is 0 Å². The summed E-state index contributed by atoms with van der Waals surface area (Å²) in [5.41, 5.74) is 3.96. The summed E-state index contributed by atoms with van der Waals surface area (Å²) in [6.07, 6.45) is 6.97. The number of hydrogen-bond acceptors (Lipinski definition) is 2. The molecular weight excluding hydrogens is 258 g/mol. The van der Waals surface area contributed by atoms with Crippen LogP contribution in [0, 0.1) is 0 Å². The van der Waals surface area contributed by atoms with Gasteiger partial charge in [-0.1, -0.05) is 25.1 Å². The van der Waals surface area contributed by atoms with Crippen molar-refractivity contribution in [1.82, 2.24) is 14.9 Å². The average molecular weight is 279 g/mol. The molecule has 0 atom stereocenters. The second kappa shape index (κ2) is 6.55. The average Bonchev–Trinajstić information content (AvgIpc) is 2.96. The molecule has 2 heterocycles. The third-order valence-corrected chi connectivity index (χ3v) is 3.83. The highest BCUT2D eigenvalue weighted by Gasteiger charge is 2.05. The first kappa shape index (κ1) is 13.8. The first-order valence-corrected chi connectivity index (χ1v) is 7.55. The highest BCUT2D eigenvalue weighted by atomic mass is 14.9. The maximum absolute atomic E-state index is 4.18. The highest BCUT2D eigenvalue weighted by Crippen LogP contribution is 2.20. The molecule has 2 aromatic heterocycles. The minimum atomic E-state index is 0.931. The molecule has 108 valence electrons. The Morgan fingerprint density at radius 1 is 1.14 bits per heavy atom. The van der Waals surface area contributed by atoms with Gasteiger partial charge in [-0.2, -0.15) is 0 Å². The summed E-state index contributed by atoms with van der Waals surface area (Å²) < 4.78 is 2.33. The van der Waals surface area contributed by atoms with E-state index in [0.717, 1.165) is 26.1 Å². The second-order valence-electron chi connectivity index (χ2n) is 5.25.